The molecule has 1 aliphatic heterocycles. The molecule has 29 heavy (non-hydrogen) atoms. The van der Waals surface area contributed by atoms with Crippen LogP contribution >= 0.6 is 11.3 Å². The number of pyridine rings is 1. The van der Waals surface area contributed by atoms with Crippen molar-refractivity contribution in [2.24, 2.45) is 5.92 Å². The molecule has 7 nitrogen and oxygen atoms in total. The number of aliphatic hydroxyl groups is 1. The molecule has 2 N–H and O–H groups in total. The van der Waals surface area contributed by atoms with Gasteiger partial charge >= 0.3 is 0 Å². The van der Waals surface area contributed by atoms with Gasteiger partial charge in [-0.2, -0.15) is 0 Å². The van der Waals surface area contributed by atoms with Crippen LogP contribution < -0.4 is 5.32 Å². The highest BCUT2D eigenvalue weighted by Crippen LogP contribution is 2.36. The van der Waals surface area contributed by atoms with Gasteiger partial charge in [-0.15, -0.1) is 0 Å². The summed E-state index contributed by atoms with van der Waals surface area (Å²) in [6.45, 7) is 3.23. The van der Waals surface area contributed by atoms with Crippen LogP contribution in [0.25, 0.3) is 11.3 Å². The molecule has 152 valence electrons. The number of nitrogens with zero attached hydrogens (tertiary/aromatic N) is 2. The standard InChI is InChI=1S/C21H23N3O4S/c1-2-13-9-16(11-22-10-13)20(26)24-21-23-17(15-5-8-28-12-15)19(29-21)18(25)14-3-6-27-7-4-14/h5,8-12,14,20,26H,2-4,6-7H2,1H3,(H,23,24). The zero-order valence-electron chi connectivity index (χ0n) is 16.1. The largest absolute Gasteiger partial charge is 0.472 e. The molecule has 8 heteroatoms. The van der Waals surface area contributed by atoms with Crippen LogP contribution in [0.15, 0.2) is 41.5 Å². The highest BCUT2D eigenvalue weighted by Gasteiger charge is 2.29. The van der Waals surface area contributed by atoms with E-state index in [9.17, 15) is 9.90 Å². The van der Waals surface area contributed by atoms with Gasteiger partial charge in [-0.3, -0.25) is 9.78 Å². The molecule has 0 spiro atoms. The molecule has 0 amide bonds. The average Bonchev–Trinajstić information content (AvgIpc) is 3.44. The first kappa shape index (κ1) is 19.8. The van der Waals surface area contributed by atoms with Crippen molar-refractivity contribution in [1.82, 2.24) is 9.97 Å². The van der Waals surface area contributed by atoms with Gasteiger partial charge in [0.1, 0.15) is 4.88 Å². The van der Waals surface area contributed by atoms with Crippen molar-refractivity contribution in [2.45, 2.75) is 32.4 Å². The Labute approximate surface area is 172 Å². The summed E-state index contributed by atoms with van der Waals surface area (Å²) in [5, 5.41) is 14.1. The number of hydrogen-bond donors (Lipinski definition) is 2. The van der Waals surface area contributed by atoms with Crippen molar-refractivity contribution in [3.05, 3.63) is 53.1 Å². The van der Waals surface area contributed by atoms with E-state index in [1.54, 1.807) is 31.0 Å². The van der Waals surface area contributed by atoms with Gasteiger partial charge in [0.05, 0.1) is 18.2 Å². The Morgan fingerprint density at radius 3 is 2.93 bits per heavy atom. The summed E-state index contributed by atoms with van der Waals surface area (Å²) in [6.07, 6.45) is 7.82. The molecular formula is C21H23N3O4S. The summed E-state index contributed by atoms with van der Waals surface area (Å²) in [4.78, 5) is 22.5. The Kier molecular flexibility index (Phi) is 6.03. The van der Waals surface area contributed by atoms with Gasteiger partial charge < -0.3 is 19.6 Å². The minimum absolute atomic E-state index is 0.0687. The van der Waals surface area contributed by atoms with Crippen molar-refractivity contribution < 1.29 is 19.1 Å². The second-order valence-electron chi connectivity index (χ2n) is 6.99. The van der Waals surface area contributed by atoms with Gasteiger partial charge in [0, 0.05) is 42.7 Å². The Hall–Kier alpha value is -2.55. The van der Waals surface area contributed by atoms with Crippen molar-refractivity contribution in [2.75, 3.05) is 18.5 Å². The molecule has 0 bridgehead atoms. The summed E-state index contributed by atoms with van der Waals surface area (Å²) in [6, 6.07) is 3.69. The predicted octanol–water partition coefficient (Wildman–Crippen LogP) is 4.07. The number of aromatic nitrogens is 2. The van der Waals surface area contributed by atoms with Crippen LogP contribution in [0, 0.1) is 5.92 Å². The average molecular weight is 413 g/mol. The fraction of sp³-hybridized carbons (Fsp3) is 0.381. The number of aliphatic hydroxyl groups excluding tert-OH is 1. The van der Waals surface area contributed by atoms with E-state index < -0.39 is 6.23 Å². The molecule has 0 saturated carbocycles. The van der Waals surface area contributed by atoms with Crippen molar-refractivity contribution >= 4 is 22.3 Å². The minimum Gasteiger partial charge on any atom is -0.472 e. The number of ether oxygens (including phenoxy) is 1. The van der Waals surface area contributed by atoms with Gasteiger partial charge in [0.2, 0.25) is 0 Å². The molecule has 3 aromatic heterocycles. The lowest BCUT2D eigenvalue weighted by Gasteiger charge is -2.20. The molecule has 4 rings (SSSR count). The Bertz CT molecular complexity index is 964. The van der Waals surface area contributed by atoms with Gasteiger partial charge in [0.25, 0.3) is 0 Å². The molecular weight excluding hydrogens is 390 g/mol. The van der Waals surface area contributed by atoms with E-state index in [-0.39, 0.29) is 11.7 Å². The van der Waals surface area contributed by atoms with Crippen molar-refractivity contribution in [1.29, 1.82) is 0 Å². The van der Waals surface area contributed by atoms with Gasteiger partial charge in [-0.1, -0.05) is 18.3 Å². The van der Waals surface area contributed by atoms with Crippen LogP contribution in [0.2, 0.25) is 0 Å². The van der Waals surface area contributed by atoms with Crippen LogP contribution in [-0.4, -0.2) is 34.1 Å². The third kappa shape index (κ3) is 4.39. The summed E-state index contributed by atoms with van der Waals surface area (Å²) < 4.78 is 10.6. The summed E-state index contributed by atoms with van der Waals surface area (Å²) in [5.74, 6) is -0.00255. The van der Waals surface area contributed by atoms with Crippen LogP contribution in [0.1, 0.15) is 46.8 Å². The fourth-order valence-electron chi connectivity index (χ4n) is 3.34. The Balaban J connectivity index is 1.61. The quantitative estimate of drug-likeness (QED) is 0.445. The van der Waals surface area contributed by atoms with E-state index in [1.165, 1.54) is 11.3 Å². The number of carbonyl (C=O) groups excluding carboxylic acids is 1. The SMILES string of the molecule is CCc1cncc(C(O)Nc2nc(-c3ccoc3)c(C(=O)C3CCOCC3)s2)c1. The topological polar surface area (TPSA) is 97.5 Å². The zero-order chi connectivity index (χ0) is 20.2. The maximum absolute atomic E-state index is 13.2. The molecule has 3 aromatic rings. The molecule has 1 saturated heterocycles. The van der Waals surface area contributed by atoms with Crippen LogP contribution in [-0.2, 0) is 11.2 Å². The van der Waals surface area contributed by atoms with E-state index >= 15 is 0 Å². The number of Topliss-reactive ketones (excluding diaryl/α,β-unsaturated/α-hetero) is 1. The third-order valence-corrected chi connectivity index (χ3v) is 6.04. The van der Waals surface area contributed by atoms with E-state index in [0.29, 0.717) is 47.3 Å². The highest BCUT2D eigenvalue weighted by molar-refractivity contribution is 7.18. The normalized spacial score (nSPS) is 15.9. The summed E-state index contributed by atoms with van der Waals surface area (Å²) in [5.41, 5.74) is 3.02. The molecule has 0 radical (unpaired) electrons. The number of thiazole rings is 1. The Morgan fingerprint density at radius 2 is 2.21 bits per heavy atom. The Morgan fingerprint density at radius 1 is 1.38 bits per heavy atom. The van der Waals surface area contributed by atoms with Gasteiger partial charge in [0.15, 0.2) is 17.1 Å². The summed E-state index contributed by atoms with van der Waals surface area (Å²) >= 11 is 1.26. The fourth-order valence-corrected chi connectivity index (χ4v) is 4.37. The number of ketones is 1. The minimum atomic E-state index is -0.969. The maximum Gasteiger partial charge on any atom is 0.186 e. The lowest BCUT2D eigenvalue weighted by atomic mass is 9.93. The van der Waals surface area contributed by atoms with E-state index in [0.717, 1.165) is 17.5 Å². The number of nitrogens with one attached hydrogen (secondary N) is 1. The first-order chi connectivity index (χ1) is 14.2. The molecule has 4 heterocycles. The predicted molar refractivity (Wildman–Crippen MR) is 110 cm³/mol. The molecule has 1 fully saturated rings. The molecule has 0 aromatic carbocycles. The zero-order valence-corrected chi connectivity index (χ0v) is 16.9. The van der Waals surface area contributed by atoms with Gasteiger partial charge in [-0.25, -0.2) is 4.98 Å². The number of anilines is 1. The molecule has 1 atom stereocenters. The number of hydrogen-bond acceptors (Lipinski definition) is 8. The second kappa shape index (κ2) is 8.86. The number of aryl methyl sites for hydroxylation is 1. The van der Waals surface area contributed by atoms with Gasteiger partial charge in [-0.05, 0) is 37.0 Å². The lowest BCUT2D eigenvalue weighted by molar-refractivity contribution is 0.0548. The van der Waals surface area contributed by atoms with Crippen molar-refractivity contribution in [3.63, 3.8) is 0 Å². The first-order valence-corrected chi connectivity index (χ1v) is 10.5. The maximum atomic E-state index is 13.2. The summed E-state index contributed by atoms with van der Waals surface area (Å²) in [7, 11) is 0. The second-order valence-corrected chi connectivity index (χ2v) is 7.99. The number of rotatable bonds is 7. The number of furan rings is 1. The monoisotopic (exact) mass is 413 g/mol. The smallest absolute Gasteiger partial charge is 0.186 e. The van der Waals surface area contributed by atoms with Crippen molar-refractivity contribution in [3.8, 4) is 11.3 Å². The van der Waals surface area contributed by atoms with Crippen LogP contribution in [0.3, 0.4) is 0 Å². The van der Waals surface area contributed by atoms with E-state index in [4.69, 9.17) is 9.15 Å². The lowest BCUT2D eigenvalue weighted by Crippen LogP contribution is -2.23. The number of carbonyl (C=O) groups is 1. The molecule has 1 aliphatic rings. The first-order valence-electron chi connectivity index (χ1n) is 9.69. The highest BCUT2D eigenvalue weighted by atomic mass is 32.1. The molecule has 0 aliphatic carbocycles. The third-order valence-electron chi connectivity index (χ3n) is 5.04. The van der Waals surface area contributed by atoms with E-state index in [2.05, 4.69) is 15.3 Å². The molecule has 1 unspecified atom stereocenters. The van der Waals surface area contributed by atoms with E-state index in [1.807, 2.05) is 13.0 Å². The van der Waals surface area contributed by atoms with Crippen LogP contribution in [0.5, 0.6) is 0 Å². The van der Waals surface area contributed by atoms with Crippen LogP contribution in [0.4, 0.5) is 5.13 Å².